The van der Waals surface area contributed by atoms with Gasteiger partial charge in [-0.2, -0.15) is 0 Å². The van der Waals surface area contributed by atoms with E-state index in [9.17, 15) is 5.11 Å². The maximum absolute atomic E-state index is 9.56. The highest BCUT2D eigenvalue weighted by Crippen LogP contribution is 2.38. The summed E-state index contributed by atoms with van der Waals surface area (Å²) < 4.78 is 2.24. The van der Waals surface area contributed by atoms with E-state index in [0.29, 0.717) is 6.54 Å². The molecule has 0 aliphatic heterocycles. The summed E-state index contributed by atoms with van der Waals surface area (Å²) in [7, 11) is 0. The molecule has 0 saturated heterocycles. The van der Waals surface area contributed by atoms with E-state index in [4.69, 9.17) is 0 Å². The third-order valence-corrected chi connectivity index (χ3v) is 4.97. The lowest BCUT2D eigenvalue weighted by Gasteiger charge is -2.05. The summed E-state index contributed by atoms with van der Waals surface area (Å²) in [5, 5.41) is 17.2. The minimum atomic E-state index is 0.137. The number of aromatic nitrogens is 1. The molecule has 4 aromatic carbocycles. The number of hydrogen-bond acceptors (Lipinski definition) is 1. The van der Waals surface area contributed by atoms with E-state index < -0.39 is 0 Å². The van der Waals surface area contributed by atoms with Crippen molar-refractivity contribution in [2.24, 2.45) is 0 Å². The lowest BCUT2D eigenvalue weighted by Crippen LogP contribution is -2.01. The lowest BCUT2D eigenvalue weighted by atomic mass is 10.00. The fourth-order valence-electron chi connectivity index (χ4n) is 3.97. The molecule has 0 amide bonds. The first-order valence-corrected chi connectivity index (χ1v) is 8.31. The van der Waals surface area contributed by atoms with Crippen LogP contribution in [0.1, 0.15) is 0 Å². The van der Waals surface area contributed by atoms with Crippen LogP contribution >= 0.6 is 0 Å². The van der Waals surface area contributed by atoms with Crippen LogP contribution in [0.4, 0.5) is 0 Å². The second-order valence-electron chi connectivity index (χ2n) is 6.24. The quantitative estimate of drug-likeness (QED) is 0.482. The third-order valence-electron chi connectivity index (χ3n) is 4.97. The first-order chi connectivity index (χ1) is 11.9. The van der Waals surface area contributed by atoms with Crippen LogP contribution in [0.15, 0.2) is 72.8 Å². The average Bonchev–Trinajstić information content (AvgIpc) is 2.97. The summed E-state index contributed by atoms with van der Waals surface area (Å²) in [6.45, 7) is 0.745. The van der Waals surface area contributed by atoms with Crippen molar-refractivity contribution >= 4 is 43.4 Å². The molecule has 2 heteroatoms. The summed E-state index contributed by atoms with van der Waals surface area (Å²) in [5.41, 5.74) is 2.38. The van der Waals surface area contributed by atoms with Crippen LogP contribution < -0.4 is 0 Å². The van der Waals surface area contributed by atoms with E-state index in [2.05, 4.69) is 77.4 Å². The van der Waals surface area contributed by atoms with Crippen molar-refractivity contribution in [3.63, 3.8) is 0 Å². The van der Waals surface area contributed by atoms with Gasteiger partial charge in [-0.3, -0.25) is 0 Å². The van der Waals surface area contributed by atoms with Crippen molar-refractivity contribution in [2.45, 2.75) is 6.54 Å². The standard InChI is InChI=1S/C22H17NO/c24-14-13-23-19-11-9-15-5-1-3-7-17(15)21(19)22-18-8-4-2-6-16(18)10-12-20(22)23/h1-12,24H,13-14H2. The summed E-state index contributed by atoms with van der Waals surface area (Å²) in [4.78, 5) is 0. The van der Waals surface area contributed by atoms with Gasteiger partial charge in [0, 0.05) is 28.4 Å². The Bertz CT molecular complexity index is 1120. The van der Waals surface area contributed by atoms with E-state index in [1.807, 2.05) is 0 Å². The largest absolute Gasteiger partial charge is 0.395 e. The second kappa shape index (κ2) is 5.08. The van der Waals surface area contributed by atoms with Gasteiger partial charge in [0.05, 0.1) is 6.61 Å². The maximum atomic E-state index is 9.56. The summed E-state index contributed by atoms with van der Waals surface area (Å²) >= 11 is 0. The molecule has 0 saturated carbocycles. The Morgan fingerprint density at radius 1 is 0.625 bits per heavy atom. The number of nitrogens with zero attached hydrogens (tertiary/aromatic N) is 1. The monoisotopic (exact) mass is 311 g/mol. The molecule has 1 aromatic heterocycles. The van der Waals surface area contributed by atoms with Crippen LogP contribution in [0.3, 0.4) is 0 Å². The molecule has 0 atom stereocenters. The van der Waals surface area contributed by atoms with E-state index in [1.165, 1.54) is 43.4 Å². The van der Waals surface area contributed by atoms with Crippen LogP contribution in [-0.2, 0) is 6.54 Å². The Balaban J connectivity index is 2.13. The average molecular weight is 311 g/mol. The SMILES string of the molecule is OCCn1c2ccc3ccccc3c2c2c3ccccc3ccc21. The first-order valence-electron chi connectivity index (χ1n) is 8.31. The van der Waals surface area contributed by atoms with Gasteiger partial charge in [-0.25, -0.2) is 0 Å². The van der Waals surface area contributed by atoms with Crippen molar-refractivity contribution < 1.29 is 5.11 Å². The molecule has 2 nitrogen and oxygen atoms in total. The molecule has 0 spiro atoms. The van der Waals surface area contributed by atoms with Crippen LogP contribution in [-0.4, -0.2) is 16.3 Å². The Morgan fingerprint density at radius 2 is 1.12 bits per heavy atom. The zero-order valence-corrected chi connectivity index (χ0v) is 13.2. The zero-order valence-electron chi connectivity index (χ0n) is 13.2. The fourth-order valence-corrected chi connectivity index (χ4v) is 3.97. The summed E-state index contributed by atoms with van der Waals surface area (Å²) in [6.07, 6.45) is 0. The number of benzene rings is 4. The van der Waals surface area contributed by atoms with E-state index in [0.717, 1.165) is 0 Å². The van der Waals surface area contributed by atoms with Gasteiger partial charge in [0.2, 0.25) is 0 Å². The molecule has 0 bridgehead atoms. The topological polar surface area (TPSA) is 25.2 Å². The predicted octanol–water partition coefficient (Wildman–Crippen LogP) is 5.09. The molecule has 0 unspecified atom stereocenters. The Morgan fingerprint density at radius 3 is 1.62 bits per heavy atom. The van der Waals surface area contributed by atoms with Crippen LogP contribution in [0.5, 0.6) is 0 Å². The summed E-state index contributed by atoms with van der Waals surface area (Å²) in [6, 6.07) is 25.8. The molecule has 0 aliphatic rings. The molecule has 116 valence electrons. The number of aliphatic hydroxyl groups is 1. The fraction of sp³-hybridized carbons (Fsp3) is 0.0909. The van der Waals surface area contributed by atoms with Gasteiger partial charge in [0.15, 0.2) is 0 Å². The Labute approximate surface area is 139 Å². The smallest absolute Gasteiger partial charge is 0.0610 e. The lowest BCUT2D eigenvalue weighted by molar-refractivity contribution is 0.280. The number of aliphatic hydroxyl groups excluding tert-OH is 1. The van der Waals surface area contributed by atoms with Crippen molar-refractivity contribution in [1.82, 2.24) is 4.57 Å². The molecule has 0 aliphatic carbocycles. The van der Waals surface area contributed by atoms with Crippen LogP contribution in [0, 0.1) is 0 Å². The van der Waals surface area contributed by atoms with Crippen molar-refractivity contribution in [2.75, 3.05) is 6.61 Å². The molecule has 5 aromatic rings. The number of fused-ring (bicyclic) bond motifs is 7. The van der Waals surface area contributed by atoms with E-state index in [1.54, 1.807) is 0 Å². The number of rotatable bonds is 2. The highest BCUT2D eigenvalue weighted by molar-refractivity contribution is 6.27. The first kappa shape index (κ1) is 13.6. The molecule has 5 rings (SSSR count). The molecule has 1 N–H and O–H groups in total. The number of hydrogen-bond donors (Lipinski definition) is 1. The molecular formula is C22H17NO. The van der Waals surface area contributed by atoms with Gasteiger partial charge >= 0.3 is 0 Å². The van der Waals surface area contributed by atoms with Gasteiger partial charge in [-0.05, 0) is 33.7 Å². The second-order valence-corrected chi connectivity index (χ2v) is 6.24. The highest BCUT2D eigenvalue weighted by Gasteiger charge is 2.15. The minimum Gasteiger partial charge on any atom is -0.395 e. The summed E-state index contributed by atoms with van der Waals surface area (Å²) in [5.74, 6) is 0. The predicted molar refractivity (Wildman–Crippen MR) is 102 cm³/mol. The van der Waals surface area contributed by atoms with Gasteiger partial charge in [0.25, 0.3) is 0 Å². The maximum Gasteiger partial charge on any atom is 0.0610 e. The van der Waals surface area contributed by atoms with Crippen LogP contribution in [0.25, 0.3) is 43.4 Å². The molecule has 24 heavy (non-hydrogen) atoms. The van der Waals surface area contributed by atoms with E-state index in [-0.39, 0.29) is 6.61 Å². The molecule has 0 radical (unpaired) electrons. The zero-order chi connectivity index (χ0) is 16.1. The molecular weight excluding hydrogens is 294 g/mol. The van der Waals surface area contributed by atoms with Crippen LogP contribution in [0.2, 0.25) is 0 Å². The van der Waals surface area contributed by atoms with Crippen molar-refractivity contribution in [3.05, 3.63) is 72.8 Å². The van der Waals surface area contributed by atoms with Crippen molar-refractivity contribution in [1.29, 1.82) is 0 Å². The Kier molecular flexibility index (Phi) is 2.88. The third kappa shape index (κ3) is 1.75. The van der Waals surface area contributed by atoms with Gasteiger partial charge in [-0.1, -0.05) is 60.7 Å². The molecule has 1 heterocycles. The van der Waals surface area contributed by atoms with Gasteiger partial charge in [0.1, 0.15) is 0 Å². The van der Waals surface area contributed by atoms with Gasteiger partial charge in [-0.15, -0.1) is 0 Å². The minimum absolute atomic E-state index is 0.137. The van der Waals surface area contributed by atoms with Gasteiger partial charge < -0.3 is 9.67 Å². The van der Waals surface area contributed by atoms with Crippen molar-refractivity contribution in [3.8, 4) is 0 Å². The normalized spacial score (nSPS) is 11.9. The Hall–Kier alpha value is -2.84. The molecule has 0 fully saturated rings. The van der Waals surface area contributed by atoms with E-state index >= 15 is 0 Å². The highest BCUT2D eigenvalue weighted by atomic mass is 16.3.